The molecule has 0 unspecified atom stereocenters. The first-order chi connectivity index (χ1) is 15.6. The number of fused-ring (bicyclic) bond motifs is 2. The molecule has 0 aliphatic carbocycles. The van der Waals surface area contributed by atoms with Crippen LogP contribution in [0.4, 0.5) is 8.78 Å². The van der Waals surface area contributed by atoms with Crippen LogP contribution in [0, 0.1) is 11.6 Å². The Kier molecular flexibility index (Phi) is 4.98. The van der Waals surface area contributed by atoms with Gasteiger partial charge in [0.05, 0.1) is 19.2 Å². The van der Waals surface area contributed by atoms with E-state index in [0.29, 0.717) is 33.9 Å². The van der Waals surface area contributed by atoms with Crippen molar-refractivity contribution in [2.45, 2.75) is 13.0 Å². The maximum absolute atomic E-state index is 13.7. The van der Waals surface area contributed by atoms with Crippen LogP contribution in [-0.2, 0) is 13.0 Å². The zero-order valence-electron chi connectivity index (χ0n) is 17.0. The third-order valence-corrected chi connectivity index (χ3v) is 5.21. The molecule has 1 N–H and O–H groups in total. The smallest absolute Gasteiger partial charge is 0.241 e. The van der Waals surface area contributed by atoms with E-state index in [9.17, 15) is 13.9 Å². The van der Waals surface area contributed by atoms with Gasteiger partial charge in [-0.3, -0.25) is 0 Å². The van der Waals surface area contributed by atoms with Crippen molar-refractivity contribution in [3.05, 3.63) is 72.1 Å². The monoisotopic (exact) mass is 436 g/mol. The highest BCUT2D eigenvalue weighted by Gasteiger charge is 2.17. The van der Waals surface area contributed by atoms with Gasteiger partial charge >= 0.3 is 0 Å². The Morgan fingerprint density at radius 3 is 2.66 bits per heavy atom. The molecular formula is C22H18F2N6O2. The number of hydrogen-bond acceptors (Lipinski definition) is 6. The van der Waals surface area contributed by atoms with E-state index in [4.69, 9.17) is 4.74 Å². The number of ether oxygens (including phenoxy) is 1. The van der Waals surface area contributed by atoms with Gasteiger partial charge in [-0.1, -0.05) is 0 Å². The molecule has 5 rings (SSSR count). The first kappa shape index (κ1) is 20.0. The van der Waals surface area contributed by atoms with Gasteiger partial charge in [0.1, 0.15) is 29.3 Å². The van der Waals surface area contributed by atoms with Gasteiger partial charge < -0.3 is 14.4 Å². The van der Waals surface area contributed by atoms with Gasteiger partial charge in [-0.25, -0.2) is 23.3 Å². The molecule has 0 amide bonds. The molecule has 0 saturated heterocycles. The van der Waals surface area contributed by atoms with E-state index in [1.54, 1.807) is 16.9 Å². The highest BCUT2D eigenvalue weighted by atomic mass is 19.1. The van der Waals surface area contributed by atoms with E-state index in [0.717, 1.165) is 17.2 Å². The highest BCUT2D eigenvalue weighted by molar-refractivity contribution is 5.87. The number of rotatable bonds is 6. The number of methoxy groups -OCH3 is 1. The van der Waals surface area contributed by atoms with Crippen molar-refractivity contribution in [3.8, 4) is 17.0 Å². The summed E-state index contributed by atoms with van der Waals surface area (Å²) in [5.41, 5.74) is 3.85. The van der Waals surface area contributed by atoms with Crippen molar-refractivity contribution in [1.29, 1.82) is 0 Å². The highest BCUT2D eigenvalue weighted by Crippen LogP contribution is 2.31. The number of benzene rings is 1. The standard InChI is InChI=1S/C22H18F2N6O2/c1-32-22-20-17(2-4-30(20)27-12-26-22)14-8-18-21(25-10-14)28-19(3-5-31)29(18)11-13-6-15(23)9-16(24)7-13/h2,4,6-10,12,31H,3,5,11H2,1H3. The van der Waals surface area contributed by atoms with Crippen molar-refractivity contribution < 1.29 is 18.6 Å². The van der Waals surface area contributed by atoms with Crippen molar-refractivity contribution >= 4 is 16.7 Å². The van der Waals surface area contributed by atoms with Gasteiger partial charge in [0, 0.05) is 42.6 Å². The molecule has 0 radical (unpaired) electrons. The van der Waals surface area contributed by atoms with Crippen LogP contribution in [-0.4, -0.2) is 48.0 Å². The normalized spacial score (nSPS) is 11.5. The van der Waals surface area contributed by atoms with E-state index >= 15 is 0 Å². The molecule has 0 saturated carbocycles. The lowest BCUT2D eigenvalue weighted by atomic mass is 10.1. The Morgan fingerprint density at radius 2 is 1.91 bits per heavy atom. The second-order valence-corrected chi connectivity index (χ2v) is 7.22. The average molecular weight is 436 g/mol. The first-order valence-corrected chi connectivity index (χ1v) is 9.85. The molecule has 0 bridgehead atoms. The van der Waals surface area contributed by atoms with E-state index in [2.05, 4.69) is 20.1 Å². The summed E-state index contributed by atoms with van der Waals surface area (Å²) < 4.78 is 36.3. The molecule has 32 heavy (non-hydrogen) atoms. The van der Waals surface area contributed by atoms with Crippen LogP contribution in [0.3, 0.4) is 0 Å². The Bertz CT molecular complexity index is 1430. The van der Waals surface area contributed by atoms with Gasteiger partial charge in [-0.2, -0.15) is 10.1 Å². The van der Waals surface area contributed by atoms with Crippen LogP contribution in [0.1, 0.15) is 11.4 Å². The van der Waals surface area contributed by atoms with E-state index in [1.807, 2.05) is 16.7 Å². The second-order valence-electron chi connectivity index (χ2n) is 7.22. The number of aromatic nitrogens is 6. The van der Waals surface area contributed by atoms with Crippen LogP contribution in [0.5, 0.6) is 5.88 Å². The molecule has 0 atom stereocenters. The topological polar surface area (TPSA) is 90.4 Å². The Labute approximate surface area is 180 Å². The molecule has 4 heterocycles. The lowest BCUT2D eigenvalue weighted by Crippen LogP contribution is -2.07. The van der Waals surface area contributed by atoms with Gasteiger partial charge in [0.2, 0.25) is 5.88 Å². The molecular weight excluding hydrogens is 418 g/mol. The molecule has 8 nitrogen and oxygen atoms in total. The quantitative estimate of drug-likeness (QED) is 0.440. The van der Waals surface area contributed by atoms with Crippen molar-refractivity contribution in [2.75, 3.05) is 13.7 Å². The van der Waals surface area contributed by atoms with Crippen LogP contribution < -0.4 is 4.74 Å². The summed E-state index contributed by atoms with van der Waals surface area (Å²) in [5, 5.41) is 13.7. The van der Waals surface area contributed by atoms with E-state index in [1.165, 1.54) is 25.6 Å². The number of aliphatic hydroxyl groups excluding tert-OH is 1. The lowest BCUT2D eigenvalue weighted by molar-refractivity contribution is 0.295. The first-order valence-electron chi connectivity index (χ1n) is 9.85. The Hall–Kier alpha value is -3.92. The number of aliphatic hydroxyl groups is 1. The predicted molar refractivity (Wildman–Crippen MR) is 112 cm³/mol. The third-order valence-electron chi connectivity index (χ3n) is 5.21. The van der Waals surface area contributed by atoms with Crippen molar-refractivity contribution in [3.63, 3.8) is 0 Å². The van der Waals surface area contributed by atoms with Crippen LogP contribution in [0.2, 0.25) is 0 Å². The summed E-state index contributed by atoms with van der Waals surface area (Å²) in [6.07, 6.45) is 5.17. The van der Waals surface area contributed by atoms with E-state index < -0.39 is 11.6 Å². The van der Waals surface area contributed by atoms with Crippen molar-refractivity contribution in [2.24, 2.45) is 0 Å². The Balaban J connectivity index is 1.67. The summed E-state index contributed by atoms with van der Waals surface area (Å²) in [6.45, 7) is 0.0565. The largest absolute Gasteiger partial charge is 0.479 e. The molecule has 162 valence electrons. The molecule has 5 aromatic rings. The van der Waals surface area contributed by atoms with E-state index in [-0.39, 0.29) is 19.6 Å². The fraction of sp³-hybridized carbons (Fsp3) is 0.182. The molecule has 1 aromatic carbocycles. The SMILES string of the molecule is COc1ncnn2ccc(-c3cnc4nc(CCO)n(Cc5cc(F)cc(F)c5)c4c3)c12. The molecule has 4 aromatic heterocycles. The molecule has 0 aliphatic rings. The van der Waals surface area contributed by atoms with Crippen LogP contribution >= 0.6 is 0 Å². The van der Waals surface area contributed by atoms with Gasteiger partial charge in [-0.05, 0) is 29.8 Å². The summed E-state index contributed by atoms with van der Waals surface area (Å²) in [5.74, 6) is -0.317. The maximum atomic E-state index is 13.7. The minimum atomic E-state index is -0.653. The minimum Gasteiger partial charge on any atom is -0.479 e. The fourth-order valence-electron chi connectivity index (χ4n) is 3.86. The van der Waals surface area contributed by atoms with Gasteiger partial charge in [0.25, 0.3) is 0 Å². The average Bonchev–Trinajstić information content (AvgIpc) is 3.35. The predicted octanol–water partition coefficient (Wildman–Crippen LogP) is 3.01. The number of nitrogens with zero attached hydrogens (tertiary/aromatic N) is 6. The summed E-state index contributed by atoms with van der Waals surface area (Å²) >= 11 is 0. The van der Waals surface area contributed by atoms with Crippen LogP contribution in [0.25, 0.3) is 27.8 Å². The molecule has 10 heteroatoms. The van der Waals surface area contributed by atoms with Gasteiger partial charge in [-0.15, -0.1) is 0 Å². The van der Waals surface area contributed by atoms with Crippen LogP contribution in [0.15, 0.2) is 49.1 Å². The zero-order chi connectivity index (χ0) is 22.2. The fourth-order valence-corrected chi connectivity index (χ4v) is 3.86. The number of imidazole rings is 1. The maximum Gasteiger partial charge on any atom is 0.241 e. The molecule has 0 aliphatic heterocycles. The minimum absolute atomic E-state index is 0.119. The number of pyridine rings is 1. The molecule has 0 spiro atoms. The zero-order valence-corrected chi connectivity index (χ0v) is 17.0. The number of halogens is 2. The third kappa shape index (κ3) is 3.44. The number of hydrogen-bond donors (Lipinski definition) is 1. The summed E-state index contributed by atoms with van der Waals surface area (Å²) in [7, 11) is 1.54. The Morgan fingerprint density at radius 1 is 1.09 bits per heavy atom. The molecule has 0 fully saturated rings. The lowest BCUT2D eigenvalue weighted by Gasteiger charge is -2.10. The summed E-state index contributed by atoms with van der Waals surface area (Å²) in [4.78, 5) is 13.2. The second kappa shape index (κ2) is 7.97. The van der Waals surface area contributed by atoms with Gasteiger partial charge in [0.15, 0.2) is 5.65 Å². The summed E-state index contributed by atoms with van der Waals surface area (Å²) in [6, 6.07) is 7.16. The van der Waals surface area contributed by atoms with Crippen molar-refractivity contribution in [1.82, 2.24) is 29.1 Å².